The molecule has 1 aliphatic heterocycles. The third kappa shape index (κ3) is 5.76. The first-order valence-corrected chi connectivity index (χ1v) is 11.4. The Balaban J connectivity index is 1.23. The molecular weight excluding hydrogens is 411 g/mol. The molecule has 0 atom stereocenters. The van der Waals surface area contributed by atoms with E-state index >= 15 is 0 Å². The van der Waals surface area contributed by atoms with E-state index in [2.05, 4.69) is 27.3 Å². The van der Waals surface area contributed by atoms with Crippen LogP contribution >= 0.6 is 11.3 Å². The number of benzene rings is 2. The number of nitrogens with zero attached hydrogens (tertiary/aromatic N) is 4. The van der Waals surface area contributed by atoms with Crippen LogP contribution in [0.15, 0.2) is 60.0 Å². The summed E-state index contributed by atoms with van der Waals surface area (Å²) in [7, 11) is 1.73. The molecule has 1 amide bonds. The normalized spacial score (nSPS) is 15.2. The second-order valence-corrected chi connectivity index (χ2v) is 8.76. The van der Waals surface area contributed by atoms with E-state index in [1.54, 1.807) is 41.5 Å². The smallest absolute Gasteiger partial charge is 0.236 e. The van der Waals surface area contributed by atoms with Crippen molar-refractivity contribution in [3.8, 4) is 10.6 Å². The molecule has 7 heteroatoms. The monoisotopic (exact) mass is 438 g/mol. The van der Waals surface area contributed by atoms with Crippen molar-refractivity contribution in [2.75, 3.05) is 39.8 Å². The molecule has 0 bridgehead atoms. The molecule has 4 rings (SSSR count). The van der Waals surface area contributed by atoms with E-state index in [9.17, 15) is 9.18 Å². The maximum Gasteiger partial charge on any atom is 0.236 e. The Morgan fingerprint density at radius 3 is 2.45 bits per heavy atom. The van der Waals surface area contributed by atoms with Crippen LogP contribution in [0.3, 0.4) is 0 Å². The minimum atomic E-state index is -0.270. The standard InChI is InChI=1S/C24H27FN4OS/c1-27(15-20-9-5-6-10-22(20)25)23(30)17-29-13-11-28(12-14-29)16-21-18-31-24(26-21)19-7-3-2-4-8-19/h2-10,18H,11-17H2,1H3. The first-order valence-electron chi connectivity index (χ1n) is 10.5. The van der Waals surface area contributed by atoms with E-state index in [0.717, 1.165) is 49.0 Å². The number of carbonyl (C=O) groups excluding carboxylic acids is 1. The second kappa shape index (κ2) is 10.1. The predicted octanol–water partition coefficient (Wildman–Crippen LogP) is 3.73. The van der Waals surface area contributed by atoms with Gasteiger partial charge in [0.05, 0.1) is 12.2 Å². The highest BCUT2D eigenvalue weighted by Gasteiger charge is 2.21. The quantitative estimate of drug-likeness (QED) is 0.564. The third-order valence-electron chi connectivity index (χ3n) is 5.57. The average Bonchev–Trinajstić information content (AvgIpc) is 3.26. The minimum Gasteiger partial charge on any atom is -0.340 e. The summed E-state index contributed by atoms with van der Waals surface area (Å²) in [4.78, 5) is 23.5. The fraction of sp³-hybridized carbons (Fsp3) is 0.333. The van der Waals surface area contributed by atoms with Crippen LogP contribution in [0.4, 0.5) is 4.39 Å². The molecule has 0 spiro atoms. The van der Waals surface area contributed by atoms with Crippen molar-refractivity contribution in [3.05, 3.63) is 77.1 Å². The Labute approximate surface area is 186 Å². The highest BCUT2D eigenvalue weighted by molar-refractivity contribution is 7.13. The number of aromatic nitrogens is 1. The zero-order valence-electron chi connectivity index (χ0n) is 17.7. The first-order chi connectivity index (χ1) is 15.1. The van der Waals surface area contributed by atoms with Gasteiger partial charge in [0.15, 0.2) is 0 Å². The molecule has 0 radical (unpaired) electrons. The van der Waals surface area contributed by atoms with Gasteiger partial charge in [-0.15, -0.1) is 11.3 Å². The lowest BCUT2D eigenvalue weighted by Gasteiger charge is -2.34. The number of hydrogen-bond donors (Lipinski definition) is 0. The summed E-state index contributed by atoms with van der Waals surface area (Å²) in [6.07, 6.45) is 0. The highest BCUT2D eigenvalue weighted by atomic mass is 32.1. The number of carbonyl (C=O) groups is 1. The summed E-state index contributed by atoms with van der Waals surface area (Å²) in [5.41, 5.74) is 2.79. The van der Waals surface area contributed by atoms with Crippen molar-refractivity contribution in [3.63, 3.8) is 0 Å². The highest BCUT2D eigenvalue weighted by Crippen LogP contribution is 2.24. The molecular formula is C24H27FN4OS. The summed E-state index contributed by atoms with van der Waals surface area (Å²) in [5, 5.41) is 3.19. The van der Waals surface area contributed by atoms with Crippen LogP contribution in [0.1, 0.15) is 11.3 Å². The van der Waals surface area contributed by atoms with E-state index in [0.29, 0.717) is 18.7 Å². The van der Waals surface area contributed by atoms with Gasteiger partial charge in [-0.05, 0) is 6.07 Å². The number of thiazole rings is 1. The maximum absolute atomic E-state index is 13.8. The van der Waals surface area contributed by atoms with Gasteiger partial charge in [-0.3, -0.25) is 14.6 Å². The van der Waals surface area contributed by atoms with Crippen molar-refractivity contribution >= 4 is 17.2 Å². The summed E-state index contributed by atoms with van der Waals surface area (Å²) >= 11 is 1.68. The molecule has 1 aliphatic rings. The molecule has 0 unspecified atom stereocenters. The number of amides is 1. The fourth-order valence-corrected chi connectivity index (χ4v) is 4.53. The largest absolute Gasteiger partial charge is 0.340 e. The lowest BCUT2D eigenvalue weighted by atomic mass is 10.2. The molecule has 1 saturated heterocycles. The SMILES string of the molecule is CN(Cc1ccccc1F)C(=O)CN1CCN(Cc2csc(-c3ccccc3)n2)CC1. The van der Waals surface area contributed by atoms with E-state index in [-0.39, 0.29) is 11.7 Å². The number of piperazine rings is 1. The molecule has 162 valence electrons. The summed E-state index contributed by atoms with van der Waals surface area (Å²) in [6.45, 7) is 4.99. The Bertz CT molecular complexity index is 1000. The Kier molecular flexibility index (Phi) is 7.06. The topological polar surface area (TPSA) is 39.7 Å². The van der Waals surface area contributed by atoms with Crippen LogP contribution in [0.2, 0.25) is 0 Å². The molecule has 5 nitrogen and oxygen atoms in total. The summed E-state index contributed by atoms with van der Waals surface area (Å²) in [5.74, 6) is -0.253. The molecule has 2 heterocycles. The van der Waals surface area contributed by atoms with Gasteiger partial charge in [0.25, 0.3) is 0 Å². The van der Waals surface area contributed by atoms with Crippen molar-refractivity contribution in [1.82, 2.24) is 19.7 Å². The molecule has 0 N–H and O–H groups in total. The Morgan fingerprint density at radius 2 is 1.71 bits per heavy atom. The molecule has 3 aromatic rings. The average molecular weight is 439 g/mol. The lowest BCUT2D eigenvalue weighted by molar-refractivity contribution is -0.132. The predicted molar refractivity (Wildman–Crippen MR) is 122 cm³/mol. The van der Waals surface area contributed by atoms with Crippen LogP contribution in [0.25, 0.3) is 10.6 Å². The van der Waals surface area contributed by atoms with Crippen molar-refractivity contribution < 1.29 is 9.18 Å². The fourth-order valence-electron chi connectivity index (χ4n) is 3.71. The molecule has 1 aromatic heterocycles. The Hall–Kier alpha value is -2.61. The van der Waals surface area contributed by atoms with Gasteiger partial charge in [0, 0.05) is 62.8 Å². The van der Waals surface area contributed by atoms with Gasteiger partial charge < -0.3 is 4.90 Å². The zero-order chi connectivity index (χ0) is 21.6. The lowest BCUT2D eigenvalue weighted by Crippen LogP contribution is -2.49. The van der Waals surface area contributed by atoms with Gasteiger partial charge in [0.1, 0.15) is 10.8 Å². The van der Waals surface area contributed by atoms with E-state index in [1.807, 2.05) is 18.2 Å². The van der Waals surface area contributed by atoms with Crippen LogP contribution < -0.4 is 0 Å². The van der Waals surface area contributed by atoms with E-state index in [4.69, 9.17) is 4.98 Å². The van der Waals surface area contributed by atoms with Gasteiger partial charge in [-0.1, -0.05) is 48.5 Å². The van der Waals surface area contributed by atoms with Crippen LogP contribution in [-0.4, -0.2) is 65.4 Å². The van der Waals surface area contributed by atoms with Crippen LogP contribution in [0.5, 0.6) is 0 Å². The van der Waals surface area contributed by atoms with Gasteiger partial charge in [-0.2, -0.15) is 0 Å². The van der Waals surface area contributed by atoms with Gasteiger partial charge >= 0.3 is 0 Å². The van der Waals surface area contributed by atoms with E-state index in [1.165, 1.54) is 6.07 Å². The van der Waals surface area contributed by atoms with E-state index < -0.39 is 0 Å². The number of halogens is 1. The molecule has 31 heavy (non-hydrogen) atoms. The third-order valence-corrected chi connectivity index (χ3v) is 6.51. The van der Waals surface area contributed by atoms with Crippen molar-refractivity contribution in [2.45, 2.75) is 13.1 Å². The van der Waals surface area contributed by atoms with Crippen molar-refractivity contribution in [1.29, 1.82) is 0 Å². The number of hydrogen-bond acceptors (Lipinski definition) is 5. The Morgan fingerprint density at radius 1 is 1.03 bits per heavy atom. The minimum absolute atomic E-state index is 0.0173. The number of likely N-dealkylation sites (N-methyl/N-ethyl adjacent to an activating group) is 1. The summed E-state index contributed by atoms with van der Waals surface area (Å²) in [6, 6.07) is 16.9. The molecule has 1 fully saturated rings. The van der Waals surface area contributed by atoms with Crippen LogP contribution in [-0.2, 0) is 17.9 Å². The van der Waals surface area contributed by atoms with Gasteiger partial charge in [-0.25, -0.2) is 9.37 Å². The maximum atomic E-state index is 13.8. The van der Waals surface area contributed by atoms with Gasteiger partial charge in [0.2, 0.25) is 5.91 Å². The van der Waals surface area contributed by atoms with Crippen molar-refractivity contribution in [2.24, 2.45) is 0 Å². The van der Waals surface area contributed by atoms with Crippen LogP contribution in [0, 0.1) is 5.82 Å². The number of rotatable bonds is 7. The first kappa shape index (κ1) is 21.6. The molecule has 2 aromatic carbocycles. The zero-order valence-corrected chi connectivity index (χ0v) is 18.5. The summed E-state index contributed by atoms with van der Waals surface area (Å²) < 4.78 is 13.8. The molecule has 0 aliphatic carbocycles. The second-order valence-electron chi connectivity index (χ2n) is 7.90. The molecule has 0 saturated carbocycles.